The van der Waals surface area contributed by atoms with Crippen LogP contribution in [0.4, 0.5) is 0 Å². The molecule has 0 saturated carbocycles. The van der Waals surface area contributed by atoms with E-state index in [9.17, 15) is 15.0 Å². The minimum Gasteiger partial charge on any atom is -0.504 e. The Labute approximate surface area is 113 Å². The number of phenols is 2. The zero-order valence-electron chi connectivity index (χ0n) is 11.5. The highest BCUT2D eigenvalue weighted by atomic mass is 16.4. The van der Waals surface area contributed by atoms with Crippen molar-refractivity contribution in [1.29, 1.82) is 0 Å². The first-order valence-corrected chi connectivity index (χ1v) is 6.35. The molecule has 5 heteroatoms. The van der Waals surface area contributed by atoms with E-state index in [2.05, 4.69) is 0 Å². The Bertz CT molecular complexity index is 443. The van der Waals surface area contributed by atoms with Crippen LogP contribution >= 0.6 is 0 Å². The Morgan fingerprint density at radius 3 is 2.53 bits per heavy atom. The van der Waals surface area contributed by atoms with Gasteiger partial charge in [-0.15, -0.1) is 0 Å². The van der Waals surface area contributed by atoms with Gasteiger partial charge in [-0.05, 0) is 6.07 Å². The van der Waals surface area contributed by atoms with Gasteiger partial charge in [0.05, 0.1) is 33.6 Å². The van der Waals surface area contributed by atoms with Gasteiger partial charge in [-0.3, -0.25) is 4.79 Å². The lowest BCUT2D eigenvalue weighted by atomic mass is 10.1. The molecule has 0 fully saturated rings. The highest BCUT2D eigenvalue weighted by Crippen LogP contribution is 2.28. The molecule has 0 aliphatic heterocycles. The van der Waals surface area contributed by atoms with E-state index in [0.717, 1.165) is 13.1 Å². The molecule has 0 heterocycles. The summed E-state index contributed by atoms with van der Waals surface area (Å²) in [7, 11) is 4.06. The second kappa shape index (κ2) is 6.43. The molecule has 0 amide bonds. The molecule has 1 aromatic carbocycles. The van der Waals surface area contributed by atoms with Crippen molar-refractivity contribution in [2.75, 3.05) is 27.2 Å². The molecule has 0 aromatic heterocycles. The molecule has 1 aromatic rings. The number of hydrogen-bond acceptors (Lipinski definition) is 3. The summed E-state index contributed by atoms with van der Waals surface area (Å²) in [4.78, 5) is 10.5. The summed E-state index contributed by atoms with van der Waals surface area (Å²) >= 11 is 0. The van der Waals surface area contributed by atoms with Crippen molar-refractivity contribution >= 4 is 5.97 Å². The van der Waals surface area contributed by atoms with E-state index < -0.39 is 5.97 Å². The predicted molar refractivity (Wildman–Crippen MR) is 72.2 cm³/mol. The van der Waals surface area contributed by atoms with Gasteiger partial charge in [0.2, 0.25) is 0 Å². The minimum atomic E-state index is -0.773. The molecule has 0 atom stereocenters. The van der Waals surface area contributed by atoms with Gasteiger partial charge in [0.15, 0.2) is 11.5 Å². The molecule has 0 radical (unpaired) electrons. The number of carboxylic acid groups (broad SMARTS) is 1. The smallest absolute Gasteiger partial charge is 0.303 e. The highest BCUT2D eigenvalue weighted by Gasteiger charge is 2.17. The van der Waals surface area contributed by atoms with Gasteiger partial charge < -0.3 is 19.8 Å². The fourth-order valence-corrected chi connectivity index (χ4v) is 1.97. The lowest BCUT2D eigenvalue weighted by Gasteiger charge is -2.29. The second-order valence-corrected chi connectivity index (χ2v) is 5.42. The Kier molecular flexibility index (Phi) is 5.18. The van der Waals surface area contributed by atoms with Crippen LogP contribution in [-0.2, 0) is 11.2 Å². The van der Waals surface area contributed by atoms with Crippen molar-refractivity contribution in [2.45, 2.75) is 19.3 Å². The van der Waals surface area contributed by atoms with Gasteiger partial charge in [0, 0.05) is 18.4 Å². The molecule has 0 aliphatic carbocycles. The van der Waals surface area contributed by atoms with E-state index in [1.165, 1.54) is 6.07 Å². The third kappa shape index (κ3) is 5.18. The van der Waals surface area contributed by atoms with E-state index in [4.69, 9.17) is 5.11 Å². The summed E-state index contributed by atoms with van der Waals surface area (Å²) in [5.74, 6) is -0.938. The zero-order chi connectivity index (χ0) is 14.5. The van der Waals surface area contributed by atoms with Crippen molar-refractivity contribution in [3.05, 3.63) is 23.8 Å². The largest absolute Gasteiger partial charge is 0.504 e. The van der Waals surface area contributed by atoms with Crippen LogP contribution in [0.2, 0.25) is 0 Å². The number of quaternary nitrogens is 1. The summed E-state index contributed by atoms with van der Waals surface area (Å²) in [5, 5.41) is 27.7. The summed E-state index contributed by atoms with van der Waals surface area (Å²) in [6.45, 7) is 1.54. The normalized spacial score (nSPS) is 11.5. The fraction of sp³-hybridized carbons (Fsp3) is 0.500. The molecule has 3 N–H and O–H groups in total. The number of rotatable bonds is 7. The molecule has 1 rings (SSSR count). The maximum Gasteiger partial charge on any atom is 0.303 e. The van der Waals surface area contributed by atoms with Crippen molar-refractivity contribution in [3.63, 3.8) is 0 Å². The van der Waals surface area contributed by atoms with Gasteiger partial charge in [0.25, 0.3) is 0 Å². The molecule has 19 heavy (non-hydrogen) atoms. The van der Waals surface area contributed by atoms with Gasteiger partial charge in [0.1, 0.15) is 0 Å². The number of carboxylic acids is 1. The topological polar surface area (TPSA) is 77.8 Å². The van der Waals surface area contributed by atoms with Crippen LogP contribution in [0.5, 0.6) is 11.5 Å². The first-order chi connectivity index (χ1) is 8.82. The van der Waals surface area contributed by atoms with Gasteiger partial charge in [-0.1, -0.05) is 12.1 Å². The lowest BCUT2D eigenvalue weighted by Crippen LogP contribution is -2.42. The quantitative estimate of drug-likeness (QED) is 0.518. The Balaban J connectivity index is 2.50. The van der Waals surface area contributed by atoms with E-state index in [1.807, 2.05) is 14.1 Å². The van der Waals surface area contributed by atoms with Crippen molar-refractivity contribution in [2.24, 2.45) is 0 Å². The van der Waals surface area contributed by atoms with Crippen LogP contribution in [0.25, 0.3) is 0 Å². The Hall–Kier alpha value is -1.75. The maximum atomic E-state index is 10.5. The van der Waals surface area contributed by atoms with E-state index in [0.29, 0.717) is 22.9 Å². The number of para-hydroxylation sites is 1. The van der Waals surface area contributed by atoms with Crippen molar-refractivity contribution < 1.29 is 24.6 Å². The number of phenolic OH excluding ortho intramolecular Hbond substituents is 2. The third-order valence-corrected chi connectivity index (χ3v) is 3.24. The maximum absolute atomic E-state index is 10.5. The lowest BCUT2D eigenvalue weighted by molar-refractivity contribution is -0.890. The van der Waals surface area contributed by atoms with Crippen molar-refractivity contribution in [1.82, 2.24) is 0 Å². The fourth-order valence-electron chi connectivity index (χ4n) is 1.97. The van der Waals surface area contributed by atoms with Crippen LogP contribution in [0.1, 0.15) is 18.4 Å². The first kappa shape index (κ1) is 15.3. The van der Waals surface area contributed by atoms with Crippen molar-refractivity contribution in [3.8, 4) is 11.5 Å². The number of likely N-dealkylation sites (N-methyl/N-ethyl adjacent to an activating group) is 1. The number of carbonyl (C=O) groups is 1. The summed E-state index contributed by atoms with van der Waals surface area (Å²) in [6, 6.07) is 4.94. The summed E-state index contributed by atoms with van der Waals surface area (Å²) < 4.78 is 0.683. The first-order valence-electron chi connectivity index (χ1n) is 6.35. The molecule has 0 saturated heterocycles. The average Bonchev–Trinajstić information content (AvgIpc) is 2.30. The molecule has 106 valence electrons. The van der Waals surface area contributed by atoms with Gasteiger partial charge in [-0.25, -0.2) is 0 Å². The van der Waals surface area contributed by atoms with E-state index in [1.54, 1.807) is 12.1 Å². The van der Waals surface area contributed by atoms with Crippen LogP contribution in [0.15, 0.2) is 18.2 Å². The molecular formula is C14H22NO4+. The Morgan fingerprint density at radius 2 is 1.89 bits per heavy atom. The molecule has 0 bridgehead atoms. The predicted octanol–water partition coefficient (Wildman–Crippen LogP) is 1.58. The molecular weight excluding hydrogens is 246 g/mol. The Morgan fingerprint density at radius 1 is 1.21 bits per heavy atom. The monoisotopic (exact) mass is 268 g/mol. The number of aromatic hydroxyl groups is 2. The summed E-state index contributed by atoms with van der Waals surface area (Å²) in [6.07, 6.45) is 1.45. The third-order valence-electron chi connectivity index (χ3n) is 3.24. The van der Waals surface area contributed by atoms with Crippen LogP contribution in [0.3, 0.4) is 0 Å². The highest BCUT2D eigenvalue weighted by molar-refractivity contribution is 5.66. The summed E-state index contributed by atoms with van der Waals surface area (Å²) in [5.41, 5.74) is 0.712. The van der Waals surface area contributed by atoms with E-state index in [-0.39, 0.29) is 17.9 Å². The van der Waals surface area contributed by atoms with Crippen LogP contribution in [0, 0.1) is 0 Å². The SMILES string of the molecule is C[N+](C)(CCCC(=O)O)CCc1cccc(O)c1O. The van der Waals surface area contributed by atoms with Gasteiger partial charge >= 0.3 is 5.97 Å². The average molecular weight is 268 g/mol. The van der Waals surface area contributed by atoms with Gasteiger partial charge in [-0.2, -0.15) is 0 Å². The molecule has 0 spiro atoms. The number of nitrogens with zero attached hydrogens (tertiary/aromatic N) is 1. The molecule has 0 unspecified atom stereocenters. The van der Waals surface area contributed by atoms with Crippen LogP contribution in [-0.4, -0.2) is 53.0 Å². The molecule has 0 aliphatic rings. The zero-order valence-corrected chi connectivity index (χ0v) is 11.5. The van der Waals surface area contributed by atoms with E-state index >= 15 is 0 Å². The van der Waals surface area contributed by atoms with Crippen LogP contribution < -0.4 is 0 Å². The number of aliphatic carboxylic acids is 1. The minimum absolute atomic E-state index is 0.0620. The number of benzene rings is 1. The molecule has 5 nitrogen and oxygen atoms in total. The standard InChI is InChI=1S/C14H21NO4/c1-15(2,9-4-7-13(17)18)10-8-11-5-3-6-12(16)14(11)19/h3,5-6H,4,7-10H2,1-2H3,(H2-,16,17,18,19)/p+1. The second-order valence-electron chi connectivity index (χ2n) is 5.42. The number of hydrogen-bond donors (Lipinski definition) is 3.